The molecule has 2 nitrogen and oxygen atoms in total. The minimum absolute atomic E-state index is 0.524. The molecule has 276 valence electrons. The molecule has 0 N–H and O–H groups in total. The molecule has 59 heavy (non-hydrogen) atoms. The highest BCUT2D eigenvalue weighted by atomic mass is 16.5. The lowest BCUT2D eigenvalue weighted by molar-refractivity contribution is 0.436. The van der Waals surface area contributed by atoms with Gasteiger partial charge in [-0.05, 0) is 103 Å². The van der Waals surface area contributed by atoms with E-state index in [1.807, 2.05) is 0 Å². The maximum Gasteiger partial charge on any atom is 0.132 e. The Kier molecular flexibility index (Phi) is 7.48. The van der Waals surface area contributed by atoms with Crippen LogP contribution in [0.25, 0.3) is 54.9 Å². The quantitative estimate of drug-likeness (QED) is 0.162. The molecule has 10 aromatic carbocycles. The molecular formula is C57H37NO. The van der Waals surface area contributed by atoms with E-state index < -0.39 is 5.41 Å². The van der Waals surface area contributed by atoms with Crippen molar-refractivity contribution in [3.05, 3.63) is 247 Å². The number of hydrogen-bond donors (Lipinski definition) is 0. The smallest absolute Gasteiger partial charge is 0.132 e. The molecule has 1 aliphatic heterocycles. The van der Waals surface area contributed by atoms with Crippen molar-refractivity contribution in [2.75, 3.05) is 4.90 Å². The Hall–Kier alpha value is -7.68. The minimum atomic E-state index is -0.524. The van der Waals surface area contributed by atoms with Crippen LogP contribution in [0.4, 0.5) is 17.1 Å². The van der Waals surface area contributed by atoms with Crippen LogP contribution in [-0.4, -0.2) is 0 Å². The van der Waals surface area contributed by atoms with Crippen molar-refractivity contribution in [2.24, 2.45) is 0 Å². The third-order valence-electron chi connectivity index (χ3n) is 12.5. The molecule has 2 aliphatic rings. The van der Waals surface area contributed by atoms with Crippen LogP contribution in [0.3, 0.4) is 0 Å². The first-order chi connectivity index (χ1) is 29.3. The van der Waals surface area contributed by atoms with Crippen LogP contribution in [0, 0.1) is 0 Å². The highest BCUT2D eigenvalue weighted by Gasteiger charge is 2.51. The molecule has 0 bridgehead atoms. The fraction of sp³-hybridized carbons (Fsp3) is 0.0175. The summed E-state index contributed by atoms with van der Waals surface area (Å²) in [4.78, 5) is 2.46. The van der Waals surface area contributed by atoms with Crippen molar-refractivity contribution in [3.8, 4) is 44.9 Å². The molecule has 0 unspecified atom stereocenters. The van der Waals surface area contributed by atoms with E-state index in [9.17, 15) is 0 Å². The summed E-state index contributed by atoms with van der Waals surface area (Å²) in [5.41, 5.74) is 15.0. The molecule has 0 saturated carbocycles. The average Bonchev–Trinajstić information content (AvgIpc) is 3.59. The summed E-state index contributed by atoms with van der Waals surface area (Å²) >= 11 is 0. The Bertz CT molecular complexity index is 3210. The fourth-order valence-corrected chi connectivity index (χ4v) is 10.0. The molecule has 1 spiro atoms. The minimum Gasteiger partial charge on any atom is -0.457 e. The van der Waals surface area contributed by atoms with Gasteiger partial charge < -0.3 is 9.64 Å². The Labute approximate surface area is 343 Å². The van der Waals surface area contributed by atoms with Crippen LogP contribution in [-0.2, 0) is 5.41 Å². The summed E-state index contributed by atoms with van der Waals surface area (Å²) in [5.74, 6) is 1.80. The molecule has 2 heteroatoms. The van der Waals surface area contributed by atoms with Gasteiger partial charge in [-0.1, -0.05) is 182 Å². The van der Waals surface area contributed by atoms with Gasteiger partial charge in [0.1, 0.15) is 11.5 Å². The lowest BCUT2D eigenvalue weighted by Gasteiger charge is -2.39. The van der Waals surface area contributed by atoms with Crippen LogP contribution >= 0.6 is 0 Å². The molecule has 0 fully saturated rings. The van der Waals surface area contributed by atoms with Crippen LogP contribution < -0.4 is 9.64 Å². The zero-order valence-electron chi connectivity index (χ0n) is 32.2. The number of nitrogens with zero attached hydrogens (tertiary/aromatic N) is 1. The number of para-hydroxylation sites is 2. The molecule has 0 radical (unpaired) electrons. The Balaban J connectivity index is 1.10. The zero-order valence-corrected chi connectivity index (χ0v) is 32.2. The van der Waals surface area contributed by atoms with Crippen molar-refractivity contribution < 1.29 is 4.74 Å². The highest BCUT2D eigenvalue weighted by Crippen LogP contribution is 2.62. The van der Waals surface area contributed by atoms with Crippen LogP contribution in [0.15, 0.2) is 224 Å². The first-order valence-corrected chi connectivity index (χ1v) is 20.3. The first kappa shape index (κ1) is 33.5. The van der Waals surface area contributed by atoms with Gasteiger partial charge in [-0.15, -0.1) is 0 Å². The van der Waals surface area contributed by atoms with Gasteiger partial charge >= 0.3 is 0 Å². The van der Waals surface area contributed by atoms with E-state index in [0.29, 0.717) is 0 Å². The van der Waals surface area contributed by atoms with Crippen molar-refractivity contribution in [2.45, 2.75) is 5.41 Å². The van der Waals surface area contributed by atoms with E-state index in [-0.39, 0.29) is 0 Å². The standard InChI is InChI=1S/C57H37NO/c1-2-16-38(17-3-1)43-19-6-7-20-44(43)39-30-32-41(33-31-39)58(54-36-40-18-4-5-21-45(40)46-22-8-9-24-48(46)54)42-34-35-51-49(37-42)47-23-10-11-25-50(47)57(51)52-26-12-14-28-55(52)59-56-29-15-13-27-53(56)57/h1-37H. The highest BCUT2D eigenvalue weighted by molar-refractivity contribution is 6.14. The summed E-state index contributed by atoms with van der Waals surface area (Å²) in [6.07, 6.45) is 0. The van der Waals surface area contributed by atoms with Gasteiger partial charge in [-0.2, -0.15) is 0 Å². The van der Waals surface area contributed by atoms with E-state index in [4.69, 9.17) is 4.74 Å². The third-order valence-corrected chi connectivity index (χ3v) is 12.5. The van der Waals surface area contributed by atoms with Crippen LogP contribution in [0.1, 0.15) is 22.3 Å². The number of rotatable bonds is 5. The molecule has 0 aromatic heterocycles. The number of anilines is 3. The molecule has 0 saturated heterocycles. The van der Waals surface area contributed by atoms with Crippen LogP contribution in [0.5, 0.6) is 11.5 Å². The predicted molar refractivity (Wildman–Crippen MR) is 244 cm³/mol. The molecule has 10 aromatic rings. The van der Waals surface area contributed by atoms with Crippen molar-refractivity contribution in [1.82, 2.24) is 0 Å². The predicted octanol–water partition coefficient (Wildman–Crippen LogP) is 15.3. The Morgan fingerprint density at radius 2 is 0.831 bits per heavy atom. The number of ether oxygens (including phenoxy) is 1. The van der Waals surface area contributed by atoms with Crippen LogP contribution in [0.2, 0.25) is 0 Å². The normalized spacial score (nSPS) is 13.0. The van der Waals surface area contributed by atoms with Gasteiger partial charge in [-0.25, -0.2) is 0 Å². The average molecular weight is 752 g/mol. The number of benzene rings is 10. The summed E-state index contributed by atoms with van der Waals surface area (Å²) < 4.78 is 6.61. The largest absolute Gasteiger partial charge is 0.457 e. The molecule has 12 rings (SSSR count). The fourth-order valence-electron chi connectivity index (χ4n) is 10.0. The zero-order chi connectivity index (χ0) is 38.9. The van der Waals surface area contributed by atoms with E-state index in [2.05, 4.69) is 229 Å². The second-order valence-corrected chi connectivity index (χ2v) is 15.6. The number of hydrogen-bond acceptors (Lipinski definition) is 2. The van der Waals surface area contributed by atoms with E-state index in [1.54, 1.807) is 0 Å². The van der Waals surface area contributed by atoms with E-state index in [1.165, 1.54) is 77.2 Å². The van der Waals surface area contributed by atoms with Gasteiger partial charge in [0.15, 0.2) is 0 Å². The SMILES string of the molecule is c1ccc(-c2ccccc2-c2ccc(N(c3ccc4c(c3)-c3ccccc3C43c4ccccc4Oc4ccccc43)c3cc4ccccc4c4ccccc34)cc2)cc1. The third kappa shape index (κ3) is 5.00. The van der Waals surface area contributed by atoms with Gasteiger partial charge in [-0.3, -0.25) is 0 Å². The van der Waals surface area contributed by atoms with Crippen molar-refractivity contribution >= 4 is 38.6 Å². The molecule has 1 aliphatic carbocycles. The molecule has 0 atom stereocenters. The van der Waals surface area contributed by atoms with E-state index >= 15 is 0 Å². The molecule has 1 heterocycles. The lowest BCUT2D eigenvalue weighted by Crippen LogP contribution is -2.32. The molecular weight excluding hydrogens is 715 g/mol. The van der Waals surface area contributed by atoms with Crippen molar-refractivity contribution in [3.63, 3.8) is 0 Å². The van der Waals surface area contributed by atoms with Crippen molar-refractivity contribution in [1.29, 1.82) is 0 Å². The van der Waals surface area contributed by atoms with E-state index in [0.717, 1.165) is 28.6 Å². The topological polar surface area (TPSA) is 12.5 Å². The second-order valence-electron chi connectivity index (χ2n) is 15.6. The van der Waals surface area contributed by atoms with Gasteiger partial charge in [0.25, 0.3) is 0 Å². The molecule has 0 amide bonds. The Morgan fingerprint density at radius 1 is 0.322 bits per heavy atom. The number of fused-ring (bicyclic) bond motifs is 12. The summed E-state index contributed by atoms with van der Waals surface area (Å²) in [6, 6.07) is 81.7. The van der Waals surface area contributed by atoms with Gasteiger partial charge in [0, 0.05) is 27.9 Å². The second kappa shape index (κ2) is 13.2. The maximum atomic E-state index is 6.61. The Morgan fingerprint density at radius 3 is 1.54 bits per heavy atom. The summed E-state index contributed by atoms with van der Waals surface area (Å²) in [7, 11) is 0. The monoisotopic (exact) mass is 751 g/mol. The maximum absolute atomic E-state index is 6.61. The first-order valence-electron chi connectivity index (χ1n) is 20.3. The summed E-state index contributed by atoms with van der Waals surface area (Å²) in [6.45, 7) is 0. The van der Waals surface area contributed by atoms with Gasteiger partial charge in [0.2, 0.25) is 0 Å². The van der Waals surface area contributed by atoms with Gasteiger partial charge in [0.05, 0.1) is 11.1 Å². The lowest BCUT2D eigenvalue weighted by atomic mass is 9.66. The summed E-state index contributed by atoms with van der Waals surface area (Å²) in [5, 5.41) is 4.90.